The van der Waals surface area contributed by atoms with Gasteiger partial charge < -0.3 is 10.5 Å². The van der Waals surface area contributed by atoms with Gasteiger partial charge in [-0.2, -0.15) is 0 Å². The van der Waals surface area contributed by atoms with Crippen LogP contribution in [0.1, 0.15) is 36.4 Å². The molecule has 1 fully saturated rings. The highest BCUT2D eigenvalue weighted by Crippen LogP contribution is 2.34. The number of nitrogens with one attached hydrogen (secondary N) is 1. The lowest BCUT2D eigenvalue weighted by molar-refractivity contribution is -0.143. The summed E-state index contributed by atoms with van der Waals surface area (Å²) in [7, 11) is 0. The van der Waals surface area contributed by atoms with Crippen molar-refractivity contribution in [1.29, 1.82) is 5.41 Å². The fourth-order valence-corrected chi connectivity index (χ4v) is 3.62. The SMILES string of the molecule is N=C(N)CC(=O)OCC1CCCN1C(c1ccccc1)c1ccccc1. The van der Waals surface area contributed by atoms with Crippen molar-refractivity contribution >= 4 is 11.8 Å². The summed E-state index contributed by atoms with van der Waals surface area (Å²) in [5, 5.41) is 7.21. The third-order valence-corrected chi connectivity index (χ3v) is 4.76. The first kappa shape index (κ1) is 18.1. The Balaban J connectivity index is 1.79. The van der Waals surface area contributed by atoms with Gasteiger partial charge in [-0.1, -0.05) is 60.7 Å². The molecule has 1 heterocycles. The maximum absolute atomic E-state index is 11.8. The highest BCUT2D eigenvalue weighted by molar-refractivity contribution is 5.94. The van der Waals surface area contributed by atoms with Gasteiger partial charge >= 0.3 is 5.97 Å². The quantitative estimate of drug-likeness (QED) is 0.456. The molecule has 0 spiro atoms. The molecule has 1 aliphatic rings. The Morgan fingerprint density at radius 2 is 1.69 bits per heavy atom. The lowest BCUT2D eigenvalue weighted by atomic mass is 9.96. The van der Waals surface area contributed by atoms with Gasteiger partial charge in [-0.3, -0.25) is 15.1 Å². The van der Waals surface area contributed by atoms with E-state index in [2.05, 4.69) is 53.4 Å². The number of carbonyl (C=O) groups excluding carboxylic acids is 1. The highest BCUT2D eigenvalue weighted by Gasteiger charge is 2.33. The molecule has 0 amide bonds. The molecule has 1 saturated heterocycles. The maximum atomic E-state index is 11.8. The first-order chi connectivity index (χ1) is 12.6. The first-order valence-electron chi connectivity index (χ1n) is 8.99. The van der Waals surface area contributed by atoms with Crippen LogP contribution in [-0.4, -0.2) is 35.9 Å². The smallest absolute Gasteiger partial charge is 0.313 e. The van der Waals surface area contributed by atoms with E-state index in [1.807, 2.05) is 12.1 Å². The van der Waals surface area contributed by atoms with E-state index < -0.39 is 5.97 Å². The largest absolute Gasteiger partial charge is 0.464 e. The average molecular weight is 351 g/mol. The molecule has 1 unspecified atom stereocenters. The van der Waals surface area contributed by atoms with Crippen molar-refractivity contribution in [2.45, 2.75) is 31.3 Å². The third kappa shape index (κ3) is 4.49. The first-order valence-corrected chi connectivity index (χ1v) is 8.99. The minimum atomic E-state index is -0.430. The average Bonchev–Trinajstić information content (AvgIpc) is 3.10. The minimum absolute atomic E-state index is 0.136. The van der Waals surface area contributed by atoms with Gasteiger partial charge in [0.05, 0.1) is 6.04 Å². The summed E-state index contributed by atoms with van der Waals surface area (Å²) in [6.07, 6.45) is 1.92. The van der Waals surface area contributed by atoms with Crippen molar-refractivity contribution in [1.82, 2.24) is 4.90 Å². The third-order valence-electron chi connectivity index (χ3n) is 4.76. The molecule has 2 aromatic carbocycles. The van der Waals surface area contributed by atoms with E-state index >= 15 is 0 Å². The number of amidine groups is 1. The number of nitrogens with zero attached hydrogens (tertiary/aromatic N) is 1. The van der Waals surface area contributed by atoms with Crippen molar-refractivity contribution in [2.75, 3.05) is 13.2 Å². The second-order valence-electron chi connectivity index (χ2n) is 6.64. The van der Waals surface area contributed by atoms with Crippen molar-refractivity contribution in [3.63, 3.8) is 0 Å². The zero-order chi connectivity index (χ0) is 18.4. The summed E-state index contributed by atoms with van der Waals surface area (Å²) in [5.41, 5.74) is 7.75. The lowest BCUT2D eigenvalue weighted by Crippen LogP contribution is -2.37. The molecule has 0 aromatic heterocycles. The Kier molecular flexibility index (Phi) is 6.02. The number of likely N-dealkylation sites (tertiary alicyclic amines) is 1. The molecule has 0 aliphatic carbocycles. The van der Waals surface area contributed by atoms with Gasteiger partial charge in [0.15, 0.2) is 0 Å². The number of hydrogen-bond acceptors (Lipinski definition) is 4. The topological polar surface area (TPSA) is 79.4 Å². The molecule has 136 valence electrons. The number of esters is 1. The molecule has 3 N–H and O–H groups in total. The highest BCUT2D eigenvalue weighted by atomic mass is 16.5. The normalized spacial score (nSPS) is 17.3. The van der Waals surface area contributed by atoms with Crippen molar-refractivity contribution in [3.05, 3.63) is 71.8 Å². The van der Waals surface area contributed by atoms with E-state index in [1.54, 1.807) is 0 Å². The van der Waals surface area contributed by atoms with E-state index in [1.165, 1.54) is 11.1 Å². The molecule has 0 radical (unpaired) electrons. The molecule has 0 saturated carbocycles. The predicted molar refractivity (Wildman–Crippen MR) is 102 cm³/mol. The van der Waals surface area contributed by atoms with Crippen LogP contribution in [0.25, 0.3) is 0 Å². The molecule has 3 rings (SSSR count). The molecule has 1 atom stereocenters. The van der Waals surface area contributed by atoms with Crippen LogP contribution in [0.3, 0.4) is 0 Å². The van der Waals surface area contributed by atoms with Gasteiger partial charge in [0.1, 0.15) is 18.9 Å². The summed E-state index contributed by atoms with van der Waals surface area (Å²) in [6.45, 7) is 1.30. The number of hydrogen-bond donors (Lipinski definition) is 2. The number of benzene rings is 2. The van der Waals surface area contributed by atoms with Crippen molar-refractivity contribution in [2.24, 2.45) is 5.73 Å². The molecule has 1 aliphatic heterocycles. The molecule has 2 aromatic rings. The van der Waals surface area contributed by atoms with Gasteiger partial charge in [-0.25, -0.2) is 0 Å². The van der Waals surface area contributed by atoms with E-state index in [4.69, 9.17) is 15.9 Å². The van der Waals surface area contributed by atoms with Gasteiger partial charge in [0.25, 0.3) is 0 Å². The van der Waals surface area contributed by atoms with Crippen LogP contribution in [-0.2, 0) is 9.53 Å². The van der Waals surface area contributed by atoms with Crippen molar-refractivity contribution in [3.8, 4) is 0 Å². The van der Waals surface area contributed by atoms with Crippen LogP contribution in [0.2, 0.25) is 0 Å². The van der Waals surface area contributed by atoms with Crippen LogP contribution < -0.4 is 5.73 Å². The van der Waals surface area contributed by atoms with E-state index in [9.17, 15) is 4.79 Å². The van der Waals surface area contributed by atoms with Crippen molar-refractivity contribution < 1.29 is 9.53 Å². The molecule has 5 heteroatoms. The Hall–Kier alpha value is -2.66. The zero-order valence-electron chi connectivity index (χ0n) is 14.8. The standard InChI is InChI=1S/C21H25N3O2/c22-19(23)14-20(25)26-15-18-12-7-13-24(18)21(16-8-3-1-4-9-16)17-10-5-2-6-11-17/h1-6,8-11,18,21H,7,12-15H2,(H3,22,23). The number of ether oxygens (including phenoxy) is 1. The second kappa shape index (κ2) is 8.63. The van der Waals surface area contributed by atoms with Crippen LogP contribution >= 0.6 is 0 Å². The van der Waals surface area contributed by atoms with Crippen LogP contribution in [0, 0.1) is 5.41 Å². The molecule has 5 nitrogen and oxygen atoms in total. The van der Waals surface area contributed by atoms with Gasteiger partial charge in [0, 0.05) is 6.04 Å². The van der Waals surface area contributed by atoms with Crippen LogP contribution in [0.5, 0.6) is 0 Å². The lowest BCUT2D eigenvalue weighted by Gasteiger charge is -2.33. The fourth-order valence-electron chi connectivity index (χ4n) is 3.62. The molecular formula is C21H25N3O2. The Labute approximate surface area is 154 Å². The van der Waals surface area contributed by atoms with Gasteiger partial charge in [-0.05, 0) is 30.5 Å². The molecule has 26 heavy (non-hydrogen) atoms. The Morgan fingerprint density at radius 3 is 2.23 bits per heavy atom. The summed E-state index contributed by atoms with van der Waals surface area (Å²) in [6, 6.07) is 21.2. The van der Waals surface area contributed by atoms with Crippen LogP contribution in [0.15, 0.2) is 60.7 Å². The van der Waals surface area contributed by atoms with Gasteiger partial charge in [0.2, 0.25) is 0 Å². The summed E-state index contributed by atoms with van der Waals surface area (Å²) in [4.78, 5) is 14.2. The summed E-state index contributed by atoms with van der Waals surface area (Å²) >= 11 is 0. The van der Waals surface area contributed by atoms with Gasteiger partial charge in [-0.15, -0.1) is 0 Å². The molecule has 0 bridgehead atoms. The number of rotatable bonds is 7. The zero-order valence-corrected chi connectivity index (χ0v) is 14.8. The second-order valence-corrected chi connectivity index (χ2v) is 6.64. The Morgan fingerprint density at radius 1 is 1.12 bits per heavy atom. The Bertz CT molecular complexity index is 694. The monoisotopic (exact) mass is 351 g/mol. The van der Waals surface area contributed by atoms with E-state index in [0.29, 0.717) is 6.61 Å². The fraction of sp³-hybridized carbons (Fsp3) is 0.333. The summed E-state index contributed by atoms with van der Waals surface area (Å²) < 4.78 is 5.39. The van der Waals surface area contributed by atoms with Crippen LogP contribution in [0.4, 0.5) is 0 Å². The van der Waals surface area contributed by atoms with E-state index in [0.717, 1.165) is 19.4 Å². The maximum Gasteiger partial charge on any atom is 0.313 e. The van der Waals surface area contributed by atoms with E-state index in [-0.39, 0.29) is 24.3 Å². The number of carbonyl (C=O) groups is 1. The summed E-state index contributed by atoms with van der Waals surface area (Å²) in [5.74, 6) is -0.593. The number of nitrogens with two attached hydrogens (primary N) is 1. The minimum Gasteiger partial charge on any atom is -0.464 e. The molecular weight excluding hydrogens is 326 g/mol. The predicted octanol–water partition coefficient (Wildman–Crippen LogP) is 3.11.